The molecule has 3 nitrogen and oxygen atoms in total. The normalized spacial score (nSPS) is 22.6. The van der Waals surface area contributed by atoms with E-state index in [2.05, 4.69) is 41.5 Å². The molecule has 0 bridgehead atoms. The Morgan fingerprint density at radius 3 is 1.86 bits per heavy atom. The first-order valence-corrected chi connectivity index (χ1v) is 12.1. The summed E-state index contributed by atoms with van der Waals surface area (Å²) in [7, 11) is 2.65. The lowest BCUT2D eigenvalue weighted by Crippen LogP contribution is -2.41. The Hall–Kier alpha value is -0.280. The summed E-state index contributed by atoms with van der Waals surface area (Å²) in [5, 5.41) is 0.748. The monoisotopic (exact) mass is 405 g/mol. The van der Waals surface area contributed by atoms with Crippen molar-refractivity contribution in [2.24, 2.45) is 11.1 Å². The van der Waals surface area contributed by atoms with Gasteiger partial charge in [0.1, 0.15) is 26.1 Å². The van der Waals surface area contributed by atoms with Gasteiger partial charge in [0.15, 0.2) is 0 Å². The van der Waals surface area contributed by atoms with Gasteiger partial charge >= 0.3 is 0 Å². The van der Waals surface area contributed by atoms with Crippen molar-refractivity contribution in [2.75, 3.05) is 6.61 Å². The third-order valence-corrected chi connectivity index (χ3v) is 7.86. The lowest BCUT2D eigenvalue weighted by atomic mass is 9.29. The average Bonchev–Trinajstić information content (AvgIpc) is 2.61. The van der Waals surface area contributed by atoms with Gasteiger partial charge in [-0.1, -0.05) is 96.9 Å². The third kappa shape index (κ3) is 9.17. The Balaban J connectivity index is 2.40. The van der Waals surface area contributed by atoms with Crippen LogP contribution in [0.1, 0.15) is 107 Å². The second-order valence-corrected chi connectivity index (χ2v) is 12.3. The van der Waals surface area contributed by atoms with E-state index in [-0.39, 0.29) is 16.5 Å². The molecular formula is C24H49B2NO2. The van der Waals surface area contributed by atoms with Crippen LogP contribution in [0.4, 0.5) is 0 Å². The fraction of sp³-hybridized carbons (Fsp3) is 0.958. The summed E-state index contributed by atoms with van der Waals surface area (Å²) in [6.45, 7) is 20.6. The van der Waals surface area contributed by atoms with Crippen molar-refractivity contribution in [3.63, 3.8) is 0 Å². The standard InChI is InChI=1S/C24H49B2NO2/c1-10-21(3,4)20(28)14-15-24(9,27)29-17-16-23(7,8)26-19-13-12-18(19)25-22(5,6)11-2/h18-19,25-26H,10-17,27H2,1-9H3. The van der Waals surface area contributed by atoms with Crippen molar-refractivity contribution < 1.29 is 9.53 Å². The largest absolute Gasteiger partial charge is 0.361 e. The van der Waals surface area contributed by atoms with Gasteiger partial charge in [0.05, 0.1) is 0 Å². The average molecular weight is 405 g/mol. The summed E-state index contributed by atoms with van der Waals surface area (Å²) in [6, 6.07) is 0. The second-order valence-electron chi connectivity index (χ2n) is 12.3. The zero-order valence-corrected chi connectivity index (χ0v) is 21.1. The van der Waals surface area contributed by atoms with E-state index in [1.54, 1.807) is 0 Å². The highest BCUT2D eigenvalue weighted by atomic mass is 16.5. The molecule has 5 heteroatoms. The van der Waals surface area contributed by atoms with Crippen molar-refractivity contribution in [1.82, 2.24) is 0 Å². The van der Waals surface area contributed by atoms with Gasteiger partial charge in [0, 0.05) is 18.4 Å². The van der Waals surface area contributed by atoms with Crippen molar-refractivity contribution in [3.05, 3.63) is 0 Å². The maximum Gasteiger partial charge on any atom is 0.138 e. The highest BCUT2D eigenvalue weighted by molar-refractivity contribution is 6.50. The molecule has 0 aromatic rings. The Morgan fingerprint density at radius 2 is 1.41 bits per heavy atom. The first kappa shape index (κ1) is 26.8. The summed E-state index contributed by atoms with van der Waals surface area (Å²) in [5.41, 5.74) is 5.37. The van der Waals surface area contributed by atoms with Gasteiger partial charge in [-0.2, -0.15) is 0 Å². The molecule has 1 aliphatic rings. The fourth-order valence-electron chi connectivity index (χ4n) is 4.37. The summed E-state index contributed by atoms with van der Waals surface area (Å²) in [5.74, 6) is 2.05. The number of ether oxygens (including phenoxy) is 1. The number of rotatable bonds is 14. The molecule has 1 rings (SSSR count). The van der Waals surface area contributed by atoms with Crippen LogP contribution < -0.4 is 5.73 Å². The van der Waals surface area contributed by atoms with E-state index in [9.17, 15) is 4.79 Å². The third-order valence-electron chi connectivity index (χ3n) is 7.86. The van der Waals surface area contributed by atoms with Crippen LogP contribution in [0.5, 0.6) is 0 Å². The fourth-order valence-corrected chi connectivity index (χ4v) is 4.37. The van der Waals surface area contributed by atoms with Gasteiger partial charge in [0.25, 0.3) is 0 Å². The smallest absolute Gasteiger partial charge is 0.138 e. The van der Waals surface area contributed by atoms with Gasteiger partial charge in [-0.15, -0.1) is 0 Å². The minimum atomic E-state index is -0.723. The molecule has 0 aromatic carbocycles. The Morgan fingerprint density at radius 1 is 0.897 bits per heavy atom. The zero-order valence-electron chi connectivity index (χ0n) is 21.1. The summed E-state index contributed by atoms with van der Waals surface area (Å²) >= 11 is 0. The molecular weight excluding hydrogens is 356 g/mol. The number of ketones is 1. The van der Waals surface area contributed by atoms with Crippen LogP contribution in [-0.4, -0.2) is 32.7 Å². The van der Waals surface area contributed by atoms with E-state index in [4.69, 9.17) is 10.5 Å². The highest BCUT2D eigenvalue weighted by Gasteiger charge is 2.39. The van der Waals surface area contributed by atoms with Gasteiger partial charge in [0.2, 0.25) is 0 Å². The number of carbonyl (C=O) groups is 1. The maximum atomic E-state index is 12.4. The van der Waals surface area contributed by atoms with Crippen molar-refractivity contribution in [3.8, 4) is 0 Å². The number of hydrogen-bond donors (Lipinski definition) is 1. The number of carbonyl (C=O) groups excluding carboxylic acids is 1. The van der Waals surface area contributed by atoms with E-state index in [0.717, 1.165) is 24.5 Å². The van der Waals surface area contributed by atoms with Gasteiger partial charge in [-0.3, -0.25) is 4.79 Å². The molecule has 1 aliphatic carbocycles. The van der Waals surface area contributed by atoms with Gasteiger partial charge in [-0.05, 0) is 26.2 Å². The van der Waals surface area contributed by atoms with Gasteiger partial charge in [-0.25, -0.2) is 0 Å². The van der Waals surface area contributed by atoms with Crippen LogP contribution >= 0.6 is 0 Å². The van der Waals surface area contributed by atoms with Crippen molar-refractivity contribution in [2.45, 2.75) is 135 Å². The van der Waals surface area contributed by atoms with Gasteiger partial charge < -0.3 is 10.5 Å². The van der Waals surface area contributed by atoms with E-state index in [1.165, 1.54) is 33.8 Å². The summed E-state index contributed by atoms with van der Waals surface area (Å²) < 4.78 is 6.05. The molecule has 168 valence electrons. The summed E-state index contributed by atoms with van der Waals surface area (Å²) in [4.78, 5) is 12.4. The van der Waals surface area contributed by atoms with Crippen LogP contribution in [0.15, 0.2) is 0 Å². The molecule has 3 atom stereocenters. The number of Topliss-reactive ketones (excluding diaryl/α,β-unsaturated/α-hetero) is 1. The van der Waals surface area contributed by atoms with E-state index >= 15 is 0 Å². The van der Waals surface area contributed by atoms with E-state index in [0.29, 0.717) is 24.8 Å². The lowest BCUT2D eigenvalue weighted by Gasteiger charge is -2.43. The van der Waals surface area contributed by atoms with Crippen LogP contribution in [0.2, 0.25) is 22.3 Å². The first-order valence-electron chi connectivity index (χ1n) is 12.1. The Bertz CT molecular complexity index is 529. The van der Waals surface area contributed by atoms with Crippen LogP contribution in [0.3, 0.4) is 0 Å². The topological polar surface area (TPSA) is 52.3 Å². The minimum absolute atomic E-state index is 0.260. The van der Waals surface area contributed by atoms with Crippen molar-refractivity contribution >= 4 is 20.3 Å². The molecule has 0 heterocycles. The zero-order chi connectivity index (χ0) is 22.5. The molecule has 0 spiro atoms. The molecule has 2 N–H and O–H groups in total. The Labute approximate surface area is 183 Å². The molecule has 0 saturated heterocycles. The minimum Gasteiger partial charge on any atom is -0.361 e. The quantitative estimate of drug-likeness (QED) is 0.289. The van der Waals surface area contributed by atoms with Crippen LogP contribution in [-0.2, 0) is 9.53 Å². The molecule has 29 heavy (non-hydrogen) atoms. The predicted octanol–water partition coefficient (Wildman–Crippen LogP) is 5.90. The van der Waals surface area contributed by atoms with Crippen LogP contribution in [0, 0.1) is 5.41 Å². The number of hydrogen-bond acceptors (Lipinski definition) is 3. The van der Waals surface area contributed by atoms with Crippen LogP contribution in [0.25, 0.3) is 0 Å². The molecule has 0 aliphatic heterocycles. The molecule has 0 radical (unpaired) electrons. The van der Waals surface area contributed by atoms with E-state index < -0.39 is 5.72 Å². The number of nitrogens with two attached hydrogens (primary N) is 1. The summed E-state index contributed by atoms with van der Waals surface area (Å²) in [6.07, 6.45) is 7.03. The molecule has 0 aromatic heterocycles. The maximum absolute atomic E-state index is 12.4. The molecule has 0 amide bonds. The molecule has 1 fully saturated rings. The second kappa shape index (κ2) is 10.4. The van der Waals surface area contributed by atoms with Crippen molar-refractivity contribution in [1.29, 1.82) is 0 Å². The highest BCUT2D eigenvalue weighted by Crippen LogP contribution is 2.51. The predicted molar refractivity (Wildman–Crippen MR) is 131 cm³/mol. The first-order chi connectivity index (χ1) is 13.1. The van der Waals surface area contributed by atoms with E-state index in [1.807, 2.05) is 20.8 Å². The SMILES string of the molecule is CCC(C)(C)BC1CCC1BC(C)(C)CCOC(C)(N)CCC(=O)C(C)(C)CC. The Kier molecular flexibility index (Phi) is 9.55. The molecule has 3 unspecified atom stereocenters. The molecule has 1 saturated carbocycles. The lowest BCUT2D eigenvalue weighted by molar-refractivity contribution is -0.129.